The first-order valence-electron chi connectivity index (χ1n) is 6.70. The molecule has 0 bridgehead atoms. The van der Waals surface area contributed by atoms with Crippen molar-refractivity contribution in [1.29, 1.82) is 5.26 Å². The van der Waals surface area contributed by atoms with Gasteiger partial charge >= 0.3 is 0 Å². The third-order valence-corrected chi connectivity index (χ3v) is 4.05. The highest BCUT2D eigenvalue weighted by atomic mass is 32.1. The zero-order valence-electron chi connectivity index (χ0n) is 12.1. The Balaban J connectivity index is 2.24. The van der Waals surface area contributed by atoms with Gasteiger partial charge in [0, 0.05) is 12.6 Å². The van der Waals surface area contributed by atoms with Gasteiger partial charge in [0.05, 0.1) is 24.4 Å². The van der Waals surface area contributed by atoms with Crippen molar-refractivity contribution in [3.63, 3.8) is 0 Å². The van der Waals surface area contributed by atoms with Gasteiger partial charge < -0.3 is 5.32 Å². The summed E-state index contributed by atoms with van der Waals surface area (Å²) in [5, 5.41) is 15.2. The second-order valence-electron chi connectivity index (χ2n) is 4.78. The van der Waals surface area contributed by atoms with Gasteiger partial charge in [-0.05, 0) is 32.3 Å². The van der Waals surface area contributed by atoms with E-state index in [1.807, 2.05) is 25.4 Å². The number of hydrogen-bond acceptors (Lipinski definition) is 6. The summed E-state index contributed by atoms with van der Waals surface area (Å²) in [5.74, 6) is 1.69. The molecule has 2 aromatic heterocycles. The summed E-state index contributed by atoms with van der Waals surface area (Å²) in [6.07, 6.45) is 0.512. The Morgan fingerprint density at radius 2 is 2.30 bits per heavy atom. The van der Waals surface area contributed by atoms with E-state index < -0.39 is 0 Å². The molecule has 0 aliphatic carbocycles. The van der Waals surface area contributed by atoms with Gasteiger partial charge in [-0.3, -0.25) is 4.90 Å². The predicted molar refractivity (Wildman–Crippen MR) is 82.7 cm³/mol. The Kier molecular flexibility index (Phi) is 4.88. The van der Waals surface area contributed by atoms with Crippen LogP contribution in [0, 0.1) is 11.3 Å². The summed E-state index contributed by atoms with van der Waals surface area (Å²) >= 11 is 1.63. The van der Waals surface area contributed by atoms with Crippen molar-refractivity contribution in [3.05, 3.63) is 17.3 Å². The largest absolute Gasteiger partial charge is 0.370 e. The quantitative estimate of drug-likeness (QED) is 0.886. The summed E-state index contributed by atoms with van der Waals surface area (Å²) in [5.41, 5.74) is 0. The lowest BCUT2D eigenvalue weighted by Crippen LogP contribution is -2.29. The molecular weight excluding hydrogens is 270 g/mol. The SMILES string of the molecule is CCNc1nc(CN(C)C(C)CC#N)nc2sccc12. The first-order valence-corrected chi connectivity index (χ1v) is 7.58. The first-order chi connectivity index (χ1) is 9.65. The number of hydrogen-bond donors (Lipinski definition) is 1. The smallest absolute Gasteiger partial charge is 0.146 e. The molecule has 0 aliphatic rings. The van der Waals surface area contributed by atoms with Crippen molar-refractivity contribution in [1.82, 2.24) is 14.9 Å². The van der Waals surface area contributed by atoms with Crippen molar-refractivity contribution < 1.29 is 0 Å². The van der Waals surface area contributed by atoms with E-state index in [-0.39, 0.29) is 6.04 Å². The van der Waals surface area contributed by atoms with E-state index in [2.05, 4.69) is 33.2 Å². The van der Waals surface area contributed by atoms with E-state index in [1.54, 1.807) is 11.3 Å². The van der Waals surface area contributed by atoms with Crippen LogP contribution in [0.25, 0.3) is 10.2 Å². The molecule has 20 heavy (non-hydrogen) atoms. The number of thiophene rings is 1. The van der Waals surface area contributed by atoms with Crippen LogP contribution in [-0.2, 0) is 6.54 Å². The molecule has 1 N–H and O–H groups in total. The minimum atomic E-state index is 0.199. The lowest BCUT2D eigenvalue weighted by Gasteiger charge is -2.21. The Morgan fingerprint density at radius 1 is 1.50 bits per heavy atom. The number of fused-ring (bicyclic) bond motifs is 1. The Hall–Kier alpha value is -1.71. The second kappa shape index (κ2) is 6.64. The Bertz CT molecular complexity index is 616. The number of nitrogens with one attached hydrogen (secondary N) is 1. The molecule has 0 fully saturated rings. The monoisotopic (exact) mass is 289 g/mol. The normalized spacial score (nSPS) is 12.6. The summed E-state index contributed by atoms with van der Waals surface area (Å²) in [7, 11) is 2.00. The molecule has 1 unspecified atom stereocenters. The first kappa shape index (κ1) is 14.7. The van der Waals surface area contributed by atoms with Crippen LogP contribution in [0.2, 0.25) is 0 Å². The topological polar surface area (TPSA) is 64.8 Å². The maximum atomic E-state index is 8.76. The van der Waals surface area contributed by atoms with Crippen LogP contribution in [0.3, 0.4) is 0 Å². The molecule has 2 rings (SSSR count). The number of anilines is 1. The van der Waals surface area contributed by atoms with Gasteiger partial charge in [-0.2, -0.15) is 5.26 Å². The molecule has 2 aromatic rings. The van der Waals surface area contributed by atoms with Crippen LogP contribution in [0.1, 0.15) is 26.1 Å². The third kappa shape index (κ3) is 3.24. The molecule has 5 nitrogen and oxygen atoms in total. The van der Waals surface area contributed by atoms with Gasteiger partial charge in [0.25, 0.3) is 0 Å². The maximum Gasteiger partial charge on any atom is 0.146 e. The number of rotatable bonds is 6. The number of aromatic nitrogens is 2. The van der Waals surface area contributed by atoms with Gasteiger partial charge in [-0.1, -0.05) is 0 Å². The molecule has 6 heteroatoms. The van der Waals surface area contributed by atoms with E-state index in [1.165, 1.54) is 0 Å². The molecule has 106 valence electrons. The van der Waals surface area contributed by atoms with Crippen LogP contribution >= 0.6 is 11.3 Å². The molecule has 1 atom stereocenters. The summed E-state index contributed by atoms with van der Waals surface area (Å²) < 4.78 is 0. The second-order valence-corrected chi connectivity index (χ2v) is 5.68. The minimum Gasteiger partial charge on any atom is -0.370 e. The molecule has 0 amide bonds. The average molecular weight is 289 g/mol. The molecular formula is C14H19N5S. The highest BCUT2D eigenvalue weighted by Crippen LogP contribution is 2.25. The lowest BCUT2D eigenvalue weighted by molar-refractivity contribution is 0.247. The molecule has 0 radical (unpaired) electrons. The van der Waals surface area contributed by atoms with Gasteiger partial charge in [0.1, 0.15) is 16.5 Å². The Labute approximate surface area is 123 Å². The standard InChI is InChI=1S/C14H19N5S/c1-4-16-13-11-6-8-20-14(11)18-12(17-13)9-19(3)10(2)5-7-15/h6,8,10H,4-5,9H2,1-3H3,(H,16,17,18). The maximum absolute atomic E-state index is 8.76. The number of nitriles is 1. The zero-order valence-corrected chi connectivity index (χ0v) is 12.9. The lowest BCUT2D eigenvalue weighted by atomic mass is 10.2. The molecule has 2 heterocycles. The molecule has 0 saturated carbocycles. The third-order valence-electron chi connectivity index (χ3n) is 3.25. The highest BCUT2D eigenvalue weighted by Gasteiger charge is 2.13. The van der Waals surface area contributed by atoms with Crippen LogP contribution in [0.15, 0.2) is 11.4 Å². The van der Waals surface area contributed by atoms with Crippen LogP contribution in [0.4, 0.5) is 5.82 Å². The molecule has 0 aromatic carbocycles. The fourth-order valence-corrected chi connectivity index (χ4v) is 2.72. The molecule has 0 aliphatic heterocycles. The summed E-state index contributed by atoms with van der Waals surface area (Å²) in [6, 6.07) is 4.44. The highest BCUT2D eigenvalue weighted by molar-refractivity contribution is 7.16. The number of nitrogens with zero attached hydrogens (tertiary/aromatic N) is 4. The van der Waals surface area contributed by atoms with Crippen LogP contribution in [0.5, 0.6) is 0 Å². The van der Waals surface area contributed by atoms with E-state index in [4.69, 9.17) is 5.26 Å². The van der Waals surface area contributed by atoms with Crippen molar-refractivity contribution in [2.45, 2.75) is 32.9 Å². The molecule has 0 saturated heterocycles. The molecule has 0 spiro atoms. The van der Waals surface area contributed by atoms with E-state index in [9.17, 15) is 0 Å². The summed E-state index contributed by atoms with van der Waals surface area (Å²) in [6.45, 7) is 5.58. The van der Waals surface area contributed by atoms with Gasteiger partial charge in [0.2, 0.25) is 0 Å². The predicted octanol–water partition coefficient (Wildman–Crippen LogP) is 2.86. The fraction of sp³-hybridized carbons (Fsp3) is 0.500. The van der Waals surface area contributed by atoms with Crippen molar-refractivity contribution in [2.75, 3.05) is 18.9 Å². The van der Waals surface area contributed by atoms with E-state index >= 15 is 0 Å². The van der Waals surface area contributed by atoms with Crippen LogP contribution < -0.4 is 5.32 Å². The van der Waals surface area contributed by atoms with Gasteiger partial charge in [0.15, 0.2) is 0 Å². The minimum absolute atomic E-state index is 0.199. The van der Waals surface area contributed by atoms with Crippen molar-refractivity contribution in [3.8, 4) is 6.07 Å². The fourth-order valence-electron chi connectivity index (χ4n) is 1.94. The van der Waals surface area contributed by atoms with Gasteiger partial charge in [-0.25, -0.2) is 9.97 Å². The zero-order chi connectivity index (χ0) is 14.5. The van der Waals surface area contributed by atoms with Crippen molar-refractivity contribution >= 4 is 27.4 Å². The Morgan fingerprint density at radius 3 is 3.00 bits per heavy atom. The van der Waals surface area contributed by atoms with Crippen LogP contribution in [-0.4, -0.2) is 34.5 Å². The average Bonchev–Trinajstić information content (AvgIpc) is 2.87. The van der Waals surface area contributed by atoms with Crippen molar-refractivity contribution in [2.24, 2.45) is 0 Å². The summed E-state index contributed by atoms with van der Waals surface area (Å²) in [4.78, 5) is 12.3. The van der Waals surface area contributed by atoms with E-state index in [0.717, 1.165) is 28.4 Å². The van der Waals surface area contributed by atoms with E-state index in [0.29, 0.717) is 13.0 Å². The van der Waals surface area contributed by atoms with Gasteiger partial charge in [-0.15, -0.1) is 11.3 Å².